The summed E-state index contributed by atoms with van der Waals surface area (Å²) in [5.74, 6) is 0.199. The van der Waals surface area contributed by atoms with Crippen LogP contribution in [0.5, 0.6) is 0 Å². The highest BCUT2D eigenvalue weighted by molar-refractivity contribution is 5.88. The number of hydrogen-bond acceptors (Lipinski definition) is 3. The summed E-state index contributed by atoms with van der Waals surface area (Å²) in [6, 6.07) is 8.44. The van der Waals surface area contributed by atoms with E-state index in [2.05, 4.69) is 46.7 Å². The fourth-order valence-electron chi connectivity index (χ4n) is 3.91. The molecule has 1 atom stereocenters. The predicted molar refractivity (Wildman–Crippen MR) is 101 cm³/mol. The summed E-state index contributed by atoms with van der Waals surface area (Å²) in [7, 11) is 0. The molecular weight excluding hydrogens is 322 g/mol. The first-order valence-corrected chi connectivity index (χ1v) is 9.00. The maximum atomic E-state index is 12.8. The SMILES string of the molecule is CC1(C(=O)NCCCN2CCNCC2)CCCc2ccccc21.Cl. The van der Waals surface area contributed by atoms with Crippen molar-refractivity contribution in [1.29, 1.82) is 0 Å². The number of fused-ring (bicyclic) bond motifs is 1. The molecule has 4 nitrogen and oxygen atoms in total. The van der Waals surface area contributed by atoms with E-state index in [1.807, 2.05) is 0 Å². The van der Waals surface area contributed by atoms with Gasteiger partial charge in [-0.05, 0) is 50.3 Å². The third-order valence-electron chi connectivity index (χ3n) is 5.38. The molecule has 1 unspecified atom stereocenters. The highest BCUT2D eigenvalue weighted by atomic mass is 35.5. The highest BCUT2D eigenvalue weighted by Gasteiger charge is 2.38. The normalized spacial score (nSPS) is 23.9. The summed E-state index contributed by atoms with van der Waals surface area (Å²) in [6.07, 6.45) is 4.18. The molecule has 1 aliphatic heterocycles. The third-order valence-corrected chi connectivity index (χ3v) is 5.38. The maximum Gasteiger partial charge on any atom is 0.230 e. The van der Waals surface area contributed by atoms with Crippen LogP contribution < -0.4 is 10.6 Å². The Hall–Kier alpha value is -1.10. The van der Waals surface area contributed by atoms with Gasteiger partial charge in [0.05, 0.1) is 5.41 Å². The molecule has 0 saturated carbocycles. The van der Waals surface area contributed by atoms with E-state index in [-0.39, 0.29) is 23.7 Å². The lowest BCUT2D eigenvalue weighted by Crippen LogP contribution is -2.46. The lowest BCUT2D eigenvalue weighted by atomic mass is 9.70. The van der Waals surface area contributed by atoms with E-state index in [1.165, 1.54) is 11.1 Å². The number of carbonyl (C=O) groups excluding carboxylic acids is 1. The van der Waals surface area contributed by atoms with Gasteiger partial charge in [-0.1, -0.05) is 24.3 Å². The van der Waals surface area contributed by atoms with E-state index in [0.29, 0.717) is 0 Å². The summed E-state index contributed by atoms with van der Waals surface area (Å²) in [4.78, 5) is 15.3. The maximum absolute atomic E-state index is 12.8. The van der Waals surface area contributed by atoms with Crippen LogP contribution in [0, 0.1) is 0 Å². The first kappa shape index (κ1) is 19.2. The quantitative estimate of drug-likeness (QED) is 0.799. The minimum absolute atomic E-state index is 0. The van der Waals surface area contributed by atoms with Crippen molar-refractivity contribution in [3.05, 3.63) is 35.4 Å². The van der Waals surface area contributed by atoms with Crippen molar-refractivity contribution >= 4 is 18.3 Å². The largest absolute Gasteiger partial charge is 0.355 e. The summed E-state index contributed by atoms with van der Waals surface area (Å²) in [5, 5.41) is 6.56. The van der Waals surface area contributed by atoms with Crippen LogP contribution in [0.25, 0.3) is 0 Å². The summed E-state index contributed by atoms with van der Waals surface area (Å²) < 4.78 is 0. The van der Waals surface area contributed by atoms with Crippen molar-refractivity contribution < 1.29 is 4.79 Å². The highest BCUT2D eigenvalue weighted by Crippen LogP contribution is 2.37. The first-order valence-electron chi connectivity index (χ1n) is 9.00. The molecule has 0 bridgehead atoms. The summed E-state index contributed by atoms with van der Waals surface area (Å²) >= 11 is 0. The third kappa shape index (κ3) is 4.29. The molecule has 1 aromatic rings. The molecule has 1 heterocycles. The predicted octanol–water partition coefficient (Wildman–Crippen LogP) is 2.11. The minimum atomic E-state index is -0.357. The minimum Gasteiger partial charge on any atom is -0.355 e. The van der Waals surface area contributed by atoms with Gasteiger partial charge < -0.3 is 15.5 Å². The number of nitrogens with zero attached hydrogens (tertiary/aromatic N) is 1. The smallest absolute Gasteiger partial charge is 0.230 e. The van der Waals surface area contributed by atoms with Crippen molar-refractivity contribution in [2.45, 2.75) is 38.0 Å². The van der Waals surface area contributed by atoms with E-state index >= 15 is 0 Å². The number of halogens is 1. The first-order chi connectivity index (χ1) is 11.2. The van der Waals surface area contributed by atoms with Gasteiger partial charge in [0.1, 0.15) is 0 Å². The van der Waals surface area contributed by atoms with Crippen LogP contribution in [0.3, 0.4) is 0 Å². The number of carbonyl (C=O) groups is 1. The molecule has 1 fully saturated rings. The molecule has 134 valence electrons. The van der Waals surface area contributed by atoms with Crippen molar-refractivity contribution in [2.24, 2.45) is 0 Å². The Balaban J connectivity index is 0.00000208. The molecule has 1 saturated heterocycles. The van der Waals surface area contributed by atoms with E-state index < -0.39 is 0 Å². The van der Waals surface area contributed by atoms with Crippen LogP contribution in [0.2, 0.25) is 0 Å². The molecule has 1 aliphatic carbocycles. The second-order valence-corrected chi connectivity index (χ2v) is 7.04. The Morgan fingerprint density at radius 2 is 2.04 bits per heavy atom. The van der Waals surface area contributed by atoms with Gasteiger partial charge in [-0.25, -0.2) is 0 Å². The van der Waals surface area contributed by atoms with E-state index in [1.54, 1.807) is 0 Å². The number of piperazine rings is 1. The fraction of sp³-hybridized carbons (Fsp3) is 0.632. The van der Waals surface area contributed by atoms with Crippen LogP contribution in [-0.2, 0) is 16.6 Å². The van der Waals surface area contributed by atoms with Gasteiger partial charge in [-0.15, -0.1) is 12.4 Å². The molecule has 1 aromatic carbocycles. The van der Waals surface area contributed by atoms with Crippen molar-refractivity contribution in [3.8, 4) is 0 Å². The zero-order valence-corrected chi connectivity index (χ0v) is 15.5. The number of amides is 1. The molecule has 24 heavy (non-hydrogen) atoms. The van der Waals surface area contributed by atoms with Gasteiger partial charge in [0.15, 0.2) is 0 Å². The molecule has 1 amide bonds. The number of rotatable bonds is 5. The molecule has 0 radical (unpaired) electrons. The van der Waals surface area contributed by atoms with E-state index in [0.717, 1.165) is 65.0 Å². The lowest BCUT2D eigenvalue weighted by Gasteiger charge is -2.34. The standard InChI is InChI=1S/C19H29N3O.ClH/c1-19(9-4-7-16-6-2-3-8-17(16)19)18(23)21-10-5-13-22-14-11-20-12-15-22;/h2-3,6,8,20H,4-5,7,9-15H2,1H3,(H,21,23);1H. The zero-order chi connectivity index (χ0) is 16.1. The van der Waals surface area contributed by atoms with E-state index in [9.17, 15) is 4.79 Å². The van der Waals surface area contributed by atoms with Gasteiger partial charge in [-0.3, -0.25) is 4.79 Å². The van der Waals surface area contributed by atoms with Crippen LogP contribution in [0.15, 0.2) is 24.3 Å². The monoisotopic (exact) mass is 351 g/mol. The van der Waals surface area contributed by atoms with Crippen LogP contribution in [0.1, 0.15) is 37.3 Å². The van der Waals surface area contributed by atoms with Gasteiger partial charge in [-0.2, -0.15) is 0 Å². The average molecular weight is 352 g/mol. The Kier molecular flexibility index (Phi) is 7.08. The Labute approximate surface area is 151 Å². The van der Waals surface area contributed by atoms with Gasteiger partial charge in [0.2, 0.25) is 5.91 Å². The molecule has 2 N–H and O–H groups in total. The van der Waals surface area contributed by atoms with Crippen molar-refractivity contribution in [3.63, 3.8) is 0 Å². The van der Waals surface area contributed by atoms with Crippen molar-refractivity contribution in [2.75, 3.05) is 39.3 Å². The van der Waals surface area contributed by atoms with Crippen LogP contribution >= 0.6 is 12.4 Å². The number of aryl methyl sites for hydroxylation is 1. The molecule has 0 spiro atoms. The number of hydrogen-bond donors (Lipinski definition) is 2. The van der Waals surface area contributed by atoms with Crippen LogP contribution in [0.4, 0.5) is 0 Å². The Bertz CT molecular complexity index is 545. The van der Waals surface area contributed by atoms with Gasteiger partial charge >= 0.3 is 0 Å². The Morgan fingerprint density at radius 1 is 1.29 bits per heavy atom. The molecule has 2 aliphatic rings. The second kappa shape index (κ2) is 8.84. The zero-order valence-electron chi connectivity index (χ0n) is 14.6. The second-order valence-electron chi connectivity index (χ2n) is 7.04. The molecular formula is C19H30ClN3O. The van der Waals surface area contributed by atoms with Crippen LogP contribution in [-0.4, -0.2) is 50.1 Å². The summed E-state index contributed by atoms with van der Waals surface area (Å²) in [5.41, 5.74) is 2.22. The topological polar surface area (TPSA) is 44.4 Å². The molecule has 5 heteroatoms. The fourth-order valence-corrected chi connectivity index (χ4v) is 3.91. The van der Waals surface area contributed by atoms with E-state index in [4.69, 9.17) is 0 Å². The van der Waals surface area contributed by atoms with Gasteiger partial charge in [0, 0.05) is 32.7 Å². The van der Waals surface area contributed by atoms with Crippen molar-refractivity contribution in [1.82, 2.24) is 15.5 Å². The molecule has 3 rings (SSSR count). The number of benzene rings is 1. The average Bonchev–Trinajstić information content (AvgIpc) is 2.60. The number of nitrogens with one attached hydrogen (secondary N) is 2. The Morgan fingerprint density at radius 3 is 2.83 bits per heavy atom. The lowest BCUT2D eigenvalue weighted by molar-refractivity contribution is -0.126. The summed E-state index contributed by atoms with van der Waals surface area (Å²) in [6.45, 7) is 8.38. The van der Waals surface area contributed by atoms with Gasteiger partial charge in [0.25, 0.3) is 0 Å². The molecule has 0 aromatic heterocycles.